The van der Waals surface area contributed by atoms with Crippen LogP contribution in [0.3, 0.4) is 0 Å². The molecule has 326 valence electrons. The van der Waals surface area contributed by atoms with Gasteiger partial charge in [0.2, 0.25) is 0 Å². The van der Waals surface area contributed by atoms with Crippen LogP contribution in [-0.4, -0.2) is 6.04 Å². The second kappa shape index (κ2) is 17.4. The van der Waals surface area contributed by atoms with Crippen molar-refractivity contribution in [2.45, 2.75) is 62.8 Å². The van der Waals surface area contributed by atoms with Crippen molar-refractivity contribution in [2.24, 2.45) is 5.92 Å². The molecule has 2 heteroatoms. The van der Waals surface area contributed by atoms with E-state index in [0.29, 0.717) is 11.8 Å². The lowest BCUT2D eigenvalue weighted by atomic mass is 9.65. The lowest BCUT2D eigenvalue weighted by Crippen LogP contribution is -2.32. The molecule has 1 spiro atoms. The summed E-state index contributed by atoms with van der Waals surface area (Å²) in [7, 11) is 0. The van der Waals surface area contributed by atoms with Crippen molar-refractivity contribution in [1.29, 1.82) is 0 Å². The Morgan fingerprint density at radius 1 is 0.493 bits per heavy atom. The summed E-state index contributed by atoms with van der Waals surface area (Å²) >= 11 is 0. The Balaban J connectivity index is 0.870. The molecule has 0 heterocycles. The van der Waals surface area contributed by atoms with Crippen molar-refractivity contribution in [3.63, 3.8) is 0 Å². The lowest BCUT2D eigenvalue weighted by Gasteiger charge is -2.41. The van der Waals surface area contributed by atoms with E-state index >= 15 is 0 Å². The Morgan fingerprint density at radius 3 is 1.72 bits per heavy atom. The molecule has 1 fully saturated rings. The van der Waals surface area contributed by atoms with Crippen molar-refractivity contribution in [3.8, 4) is 22.3 Å². The van der Waals surface area contributed by atoms with Crippen LogP contribution in [-0.2, 0) is 5.41 Å². The minimum absolute atomic E-state index is 0.154. The molecule has 67 heavy (non-hydrogen) atoms. The van der Waals surface area contributed by atoms with E-state index < -0.39 is 0 Å². The summed E-state index contributed by atoms with van der Waals surface area (Å²) in [5, 5.41) is 2.53. The second-order valence-corrected chi connectivity index (χ2v) is 19.1. The molecule has 2 nitrogen and oxygen atoms in total. The van der Waals surface area contributed by atoms with Crippen LogP contribution in [0.2, 0.25) is 0 Å². The van der Waals surface area contributed by atoms with Crippen LogP contribution in [0.5, 0.6) is 0 Å². The summed E-state index contributed by atoms with van der Waals surface area (Å²) in [5.74, 6) is 0.675. The van der Waals surface area contributed by atoms with Gasteiger partial charge >= 0.3 is 0 Å². The fourth-order valence-corrected chi connectivity index (χ4v) is 12.2. The Bertz CT molecular complexity index is 3100. The molecule has 0 bridgehead atoms. The first-order valence-electron chi connectivity index (χ1n) is 24.5. The number of fused-ring (bicyclic) bond motifs is 6. The van der Waals surface area contributed by atoms with Gasteiger partial charge in [0.05, 0.1) is 11.7 Å². The number of allylic oxidation sites excluding steroid dienone is 6. The largest absolute Gasteiger partial charge is 0.334 e. The van der Waals surface area contributed by atoms with E-state index in [1.54, 1.807) is 16.7 Å². The first-order chi connectivity index (χ1) is 33.1. The minimum Gasteiger partial charge on any atom is -0.334 e. The van der Waals surface area contributed by atoms with E-state index in [1.165, 1.54) is 105 Å². The molecule has 0 N–H and O–H groups in total. The normalized spacial score (nSPS) is 19.2. The highest BCUT2D eigenvalue weighted by Gasteiger charge is 2.51. The van der Waals surface area contributed by atoms with E-state index in [4.69, 9.17) is 0 Å². The monoisotopic (exact) mass is 864 g/mol. The van der Waals surface area contributed by atoms with E-state index in [0.717, 1.165) is 6.42 Å². The fraction of sp³-hybridized carbons (Fsp3) is 0.169. The van der Waals surface area contributed by atoms with Crippen molar-refractivity contribution >= 4 is 39.1 Å². The molecule has 1 saturated carbocycles. The van der Waals surface area contributed by atoms with Gasteiger partial charge < -0.3 is 9.80 Å². The molecule has 0 saturated heterocycles. The van der Waals surface area contributed by atoms with Crippen LogP contribution in [0.25, 0.3) is 38.6 Å². The third kappa shape index (κ3) is 7.36. The van der Waals surface area contributed by atoms with Crippen molar-refractivity contribution in [3.05, 3.63) is 259 Å². The van der Waals surface area contributed by atoms with Crippen molar-refractivity contribution in [2.75, 3.05) is 9.80 Å². The lowest BCUT2D eigenvalue weighted by molar-refractivity contribution is 0.335. The van der Waals surface area contributed by atoms with Crippen LogP contribution >= 0.6 is 0 Å². The third-order valence-corrected chi connectivity index (χ3v) is 15.4. The molecule has 12 rings (SSSR count). The first-order valence-corrected chi connectivity index (χ1v) is 24.5. The number of anilines is 4. The minimum atomic E-state index is 0.154. The molecule has 0 amide bonds. The summed E-state index contributed by atoms with van der Waals surface area (Å²) < 4.78 is 0. The van der Waals surface area contributed by atoms with E-state index in [-0.39, 0.29) is 11.5 Å². The Morgan fingerprint density at radius 2 is 1.06 bits per heavy atom. The van der Waals surface area contributed by atoms with Crippen LogP contribution in [0.15, 0.2) is 242 Å². The number of benzene rings is 8. The Kier molecular flexibility index (Phi) is 10.7. The van der Waals surface area contributed by atoms with E-state index in [2.05, 4.69) is 247 Å². The Labute approximate surface area is 396 Å². The molecule has 4 aliphatic carbocycles. The van der Waals surface area contributed by atoms with Gasteiger partial charge in [0, 0.05) is 45.4 Å². The maximum atomic E-state index is 2.57. The standard InChI is InChI=1S/C65H56N2/c1-46-62(43-42-61-64(46)59-23-11-12-24-60(59)65(61)44-13-4-14-45-65)67(63-25-15-21-53-20-9-10-22-58(53)63)57-40-32-52(33-41-57)51-30-38-56(39-31-51)66(54-34-26-49(27-35-54)47-16-5-2-6-17-47)55-36-28-50(29-37-55)48-18-7-3-8-19-48/h2-3,5-12,15-38,40-43,46,56,64H,4,13-14,39,44-45H2,1H3. The van der Waals surface area contributed by atoms with E-state index in [9.17, 15) is 0 Å². The van der Waals surface area contributed by atoms with Crippen LogP contribution in [0.1, 0.15) is 68.1 Å². The van der Waals surface area contributed by atoms with Gasteiger partial charge in [-0.05, 0) is 118 Å². The fourth-order valence-electron chi connectivity index (χ4n) is 12.2. The predicted octanol–water partition coefficient (Wildman–Crippen LogP) is 17.3. The summed E-state index contributed by atoms with van der Waals surface area (Å²) in [6, 6.07) is 74.0. The highest BCUT2D eigenvalue weighted by atomic mass is 15.2. The highest BCUT2D eigenvalue weighted by Crippen LogP contribution is 2.61. The summed E-state index contributed by atoms with van der Waals surface area (Å²) in [6.45, 7) is 2.49. The average molecular weight is 865 g/mol. The summed E-state index contributed by atoms with van der Waals surface area (Å²) in [5.41, 5.74) is 18.5. The van der Waals surface area contributed by atoms with Gasteiger partial charge in [0.1, 0.15) is 0 Å². The summed E-state index contributed by atoms with van der Waals surface area (Å²) in [4.78, 5) is 5.07. The Hall–Kier alpha value is -7.42. The van der Waals surface area contributed by atoms with Gasteiger partial charge in [-0.3, -0.25) is 0 Å². The molecule has 4 aliphatic rings. The molecule has 3 atom stereocenters. The topological polar surface area (TPSA) is 6.48 Å². The summed E-state index contributed by atoms with van der Waals surface area (Å²) in [6.07, 6.45) is 19.6. The predicted molar refractivity (Wildman–Crippen MR) is 283 cm³/mol. The molecule has 0 radical (unpaired) electrons. The van der Waals surface area contributed by atoms with Gasteiger partial charge in [0.15, 0.2) is 0 Å². The number of hydrogen-bond donors (Lipinski definition) is 0. The van der Waals surface area contributed by atoms with Crippen molar-refractivity contribution < 1.29 is 0 Å². The first kappa shape index (κ1) is 41.0. The van der Waals surface area contributed by atoms with Gasteiger partial charge in [-0.2, -0.15) is 0 Å². The zero-order valence-corrected chi connectivity index (χ0v) is 38.3. The smallest absolute Gasteiger partial charge is 0.0560 e. The molecule has 8 aromatic rings. The molecular weight excluding hydrogens is 809 g/mol. The van der Waals surface area contributed by atoms with Gasteiger partial charge in [-0.25, -0.2) is 0 Å². The average Bonchev–Trinajstić information content (AvgIpc) is 3.67. The number of nitrogens with zero attached hydrogens (tertiary/aromatic N) is 2. The number of hydrogen-bond acceptors (Lipinski definition) is 2. The maximum Gasteiger partial charge on any atom is 0.0560 e. The van der Waals surface area contributed by atoms with Crippen molar-refractivity contribution in [1.82, 2.24) is 0 Å². The quantitative estimate of drug-likeness (QED) is 0.143. The second-order valence-electron chi connectivity index (χ2n) is 19.1. The highest BCUT2D eigenvalue weighted by molar-refractivity contribution is 5.97. The van der Waals surface area contributed by atoms with Gasteiger partial charge in [0.25, 0.3) is 0 Å². The van der Waals surface area contributed by atoms with Crippen LogP contribution in [0, 0.1) is 5.92 Å². The molecule has 0 aliphatic heterocycles. The molecule has 8 aromatic carbocycles. The molecular formula is C65H56N2. The molecule has 3 unspecified atom stereocenters. The van der Waals surface area contributed by atoms with E-state index in [1.807, 2.05) is 0 Å². The SMILES string of the molecule is CC1C(N(c2ccc(C3=CCC(N(c4ccc(-c5ccccc5)cc4)c4ccc(-c5ccccc5)cc4)C=C3)cc2)c2cccc3ccccc23)=CC=C2C1c1ccccc1C21CCCCC1. The molecule has 0 aromatic heterocycles. The van der Waals surface area contributed by atoms with Gasteiger partial charge in [-0.15, -0.1) is 0 Å². The van der Waals surface area contributed by atoms with Crippen LogP contribution in [0.4, 0.5) is 22.7 Å². The maximum absolute atomic E-state index is 2.57. The van der Waals surface area contributed by atoms with Gasteiger partial charge in [-0.1, -0.05) is 214 Å². The zero-order chi connectivity index (χ0) is 44.7. The van der Waals surface area contributed by atoms with Crippen LogP contribution < -0.4 is 9.80 Å². The number of rotatable bonds is 9. The zero-order valence-electron chi connectivity index (χ0n) is 38.3. The third-order valence-electron chi connectivity index (χ3n) is 15.4.